The third-order valence-corrected chi connectivity index (χ3v) is 10.1. The Hall–Kier alpha value is -1.84. The zero-order valence-electron chi connectivity index (χ0n) is 16.3. The number of anilines is 1. The number of nitriles is 1. The van der Waals surface area contributed by atoms with Gasteiger partial charge in [-0.15, -0.1) is 0 Å². The molecule has 2 rings (SSSR count). The molecule has 1 aromatic rings. The molecule has 0 N–H and O–H groups in total. The lowest BCUT2D eigenvalue weighted by Crippen LogP contribution is -2.48. The summed E-state index contributed by atoms with van der Waals surface area (Å²) in [5.74, 6) is 0.590. The van der Waals surface area contributed by atoms with Gasteiger partial charge in [-0.25, -0.2) is 0 Å². The molecule has 0 spiro atoms. The molecule has 1 aliphatic heterocycles. The molecule has 6 heteroatoms. The van der Waals surface area contributed by atoms with Crippen LogP contribution in [0.25, 0.3) is 0 Å². The number of methoxy groups -OCH3 is 1. The first-order valence-corrected chi connectivity index (χ1v) is 11.4. The summed E-state index contributed by atoms with van der Waals surface area (Å²) in [5, 5.41) is 9.47. The third kappa shape index (κ3) is 3.19. The van der Waals surface area contributed by atoms with Crippen molar-refractivity contribution >= 4 is 19.9 Å². The van der Waals surface area contributed by atoms with Gasteiger partial charge in [-0.2, -0.15) is 5.26 Å². The molecule has 1 heterocycles. The van der Waals surface area contributed by atoms with E-state index in [2.05, 4.69) is 39.9 Å². The van der Waals surface area contributed by atoms with Crippen LogP contribution in [0.3, 0.4) is 0 Å². The van der Waals surface area contributed by atoms with Gasteiger partial charge in [-0.1, -0.05) is 20.8 Å². The fraction of sp³-hybridized carbons (Fsp3) is 0.579. The molecule has 1 aliphatic rings. The Bertz CT molecular complexity index is 718. The Kier molecular flexibility index (Phi) is 5.04. The number of hydrogen-bond acceptors (Lipinski definition) is 4. The van der Waals surface area contributed by atoms with Gasteiger partial charge in [0.05, 0.1) is 26.2 Å². The summed E-state index contributed by atoms with van der Waals surface area (Å²) in [6, 6.07) is 7.77. The molecule has 1 amide bonds. The molecule has 0 aromatic heterocycles. The minimum atomic E-state index is -2.05. The maximum Gasteiger partial charge on any atom is 0.240 e. The lowest BCUT2D eigenvalue weighted by molar-refractivity contribution is -0.124. The number of carbonyl (C=O) groups excluding carboxylic acids is 1. The maximum atomic E-state index is 13.1. The SMILES string of the molecule is COc1ccc2c(c1)[C@@](CC#N)(CO[Si](C)(C)C(C)(C)C)C(=O)N2C. The summed E-state index contributed by atoms with van der Waals surface area (Å²) in [7, 11) is 1.29. The van der Waals surface area contributed by atoms with Crippen LogP contribution in [0.15, 0.2) is 18.2 Å². The molecule has 0 radical (unpaired) electrons. The van der Waals surface area contributed by atoms with Crippen LogP contribution < -0.4 is 9.64 Å². The Labute approximate surface area is 151 Å². The van der Waals surface area contributed by atoms with Gasteiger partial charge in [-0.3, -0.25) is 4.79 Å². The molecule has 5 nitrogen and oxygen atoms in total. The fourth-order valence-electron chi connectivity index (χ4n) is 2.88. The molecule has 25 heavy (non-hydrogen) atoms. The minimum absolute atomic E-state index is 0.0333. The van der Waals surface area contributed by atoms with Crippen molar-refractivity contribution in [2.45, 2.75) is 50.7 Å². The highest BCUT2D eigenvalue weighted by Gasteiger charge is 2.52. The number of carbonyl (C=O) groups is 1. The average molecular weight is 361 g/mol. The molecule has 1 aromatic carbocycles. The average Bonchev–Trinajstić information content (AvgIpc) is 2.74. The summed E-state index contributed by atoms with van der Waals surface area (Å²) in [6.07, 6.45) is 0.0883. The topological polar surface area (TPSA) is 62.6 Å². The van der Waals surface area contributed by atoms with Crippen LogP contribution in [0, 0.1) is 11.3 Å². The second-order valence-electron chi connectivity index (χ2n) is 8.21. The van der Waals surface area contributed by atoms with Crippen LogP contribution in [0.4, 0.5) is 5.69 Å². The van der Waals surface area contributed by atoms with Crippen molar-refractivity contribution in [2.75, 3.05) is 25.7 Å². The van der Waals surface area contributed by atoms with Gasteiger partial charge >= 0.3 is 0 Å². The van der Waals surface area contributed by atoms with Crippen molar-refractivity contribution in [3.05, 3.63) is 23.8 Å². The summed E-state index contributed by atoms with van der Waals surface area (Å²) in [4.78, 5) is 14.7. The molecule has 1 atom stereocenters. The third-order valence-electron chi connectivity index (χ3n) is 5.66. The second-order valence-corrected chi connectivity index (χ2v) is 13.0. The van der Waals surface area contributed by atoms with Gasteiger partial charge in [0.1, 0.15) is 11.2 Å². The zero-order chi connectivity index (χ0) is 19.0. The van der Waals surface area contributed by atoms with E-state index >= 15 is 0 Å². The van der Waals surface area contributed by atoms with Crippen molar-refractivity contribution in [3.8, 4) is 11.8 Å². The molecule has 0 unspecified atom stereocenters. The number of ether oxygens (including phenoxy) is 1. The Balaban J connectivity index is 2.50. The van der Waals surface area contributed by atoms with Crippen LogP contribution in [-0.2, 0) is 14.6 Å². The number of rotatable bonds is 5. The second kappa shape index (κ2) is 6.47. The highest BCUT2D eigenvalue weighted by Crippen LogP contribution is 2.46. The largest absolute Gasteiger partial charge is 0.497 e. The Morgan fingerprint density at radius 1 is 1.32 bits per heavy atom. The van der Waals surface area contributed by atoms with Crippen LogP contribution in [0.1, 0.15) is 32.8 Å². The minimum Gasteiger partial charge on any atom is -0.497 e. The summed E-state index contributed by atoms with van der Waals surface area (Å²) in [5.41, 5.74) is 0.669. The van der Waals surface area contributed by atoms with Crippen LogP contribution >= 0.6 is 0 Å². The number of hydrogen-bond donors (Lipinski definition) is 0. The normalized spacial score (nSPS) is 20.4. The highest BCUT2D eigenvalue weighted by molar-refractivity contribution is 6.74. The van der Waals surface area contributed by atoms with Gasteiger partial charge in [-0.05, 0) is 41.9 Å². The maximum absolute atomic E-state index is 13.1. The van der Waals surface area contributed by atoms with Crippen LogP contribution in [0.5, 0.6) is 5.75 Å². The molecule has 0 aliphatic carbocycles. The molecule has 0 fully saturated rings. The first kappa shape index (κ1) is 19.5. The molecular formula is C19H28N2O3Si. The van der Waals surface area contributed by atoms with E-state index in [0.29, 0.717) is 5.75 Å². The van der Waals surface area contributed by atoms with E-state index in [1.165, 1.54) is 0 Å². The van der Waals surface area contributed by atoms with Crippen molar-refractivity contribution < 1.29 is 14.0 Å². The monoisotopic (exact) mass is 360 g/mol. The number of fused-ring (bicyclic) bond motifs is 1. The lowest BCUT2D eigenvalue weighted by Gasteiger charge is -2.39. The van der Waals surface area contributed by atoms with Crippen LogP contribution in [-0.4, -0.2) is 35.0 Å². The molecule has 136 valence electrons. The number of likely N-dealkylation sites (N-methyl/N-ethyl adjacent to an activating group) is 1. The van der Waals surface area contributed by atoms with Crippen molar-refractivity contribution in [1.29, 1.82) is 5.26 Å². The highest BCUT2D eigenvalue weighted by atomic mass is 28.4. The quantitative estimate of drug-likeness (QED) is 0.748. The van der Waals surface area contributed by atoms with Crippen LogP contribution in [0.2, 0.25) is 18.1 Å². The van der Waals surface area contributed by atoms with E-state index in [4.69, 9.17) is 9.16 Å². The van der Waals surface area contributed by atoms with E-state index in [1.807, 2.05) is 18.2 Å². The van der Waals surface area contributed by atoms with E-state index in [0.717, 1.165) is 11.3 Å². The predicted molar refractivity (Wildman–Crippen MR) is 101 cm³/mol. The van der Waals surface area contributed by atoms with Gasteiger partial charge in [0, 0.05) is 12.7 Å². The first-order chi connectivity index (χ1) is 11.5. The zero-order valence-corrected chi connectivity index (χ0v) is 17.3. The standard InChI is InChI=1S/C19H28N2O3Si/c1-18(2,3)25(6,7)24-13-19(10-11-20)15-12-14(23-5)8-9-16(15)21(4)17(19)22/h8-9,12H,10,13H2,1-7H3/t19-/m1/s1. The van der Waals surface area contributed by atoms with Crippen molar-refractivity contribution in [1.82, 2.24) is 0 Å². The molecule has 0 saturated carbocycles. The van der Waals surface area contributed by atoms with Gasteiger partial charge < -0.3 is 14.1 Å². The molecule has 0 saturated heterocycles. The van der Waals surface area contributed by atoms with Gasteiger partial charge in [0.25, 0.3) is 0 Å². The van der Waals surface area contributed by atoms with E-state index in [-0.39, 0.29) is 24.0 Å². The van der Waals surface area contributed by atoms with E-state index in [1.54, 1.807) is 19.1 Å². The smallest absolute Gasteiger partial charge is 0.240 e. The Morgan fingerprint density at radius 3 is 2.48 bits per heavy atom. The number of nitrogens with zero attached hydrogens (tertiary/aromatic N) is 2. The number of benzene rings is 1. The van der Waals surface area contributed by atoms with E-state index < -0.39 is 13.7 Å². The van der Waals surface area contributed by atoms with E-state index in [9.17, 15) is 10.1 Å². The lowest BCUT2D eigenvalue weighted by atomic mass is 9.80. The Morgan fingerprint density at radius 2 is 1.96 bits per heavy atom. The summed E-state index contributed by atoms with van der Waals surface area (Å²) < 4.78 is 11.7. The van der Waals surface area contributed by atoms with Gasteiger partial charge in [0.15, 0.2) is 8.32 Å². The first-order valence-electron chi connectivity index (χ1n) is 8.48. The summed E-state index contributed by atoms with van der Waals surface area (Å²) in [6.45, 7) is 11.0. The molecular weight excluding hydrogens is 332 g/mol. The van der Waals surface area contributed by atoms with Crippen molar-refractivity contribution in [3.63, 3.8) is 0 Å². The summed E-state index contributed by atoms with van der Waals surface area (Å²) >= 11 is 0. The number of amides is 1. The predicted octanol–water partition coefficient (Wildman–Crippen LogP) is 3.84. The molecule has 0 bridgehead atoms. The van der Waals surface area contributed by atoms with Crippen molar-refractivity contribution in [2.24, 2.45) is 0 Å². The fourth-order valence-corrected chi connectivity index (χ4v) is 3.92. The van der Waals surface area contributed by atoms with Gasteiger partial charge in [0.2, 0.25) is 5.91 Å².